The Morgan fingerprint density at radius 3 is 2.71 bits per heavy atom. The van der Waals surface area contributed by atoms with Crippen molar-refractivity contribution in [2.75, 3.05) is 26.2 Å². The van der Waals surface area contributed by atoms with Crippen molar-refractivity contribution in [1.82, 2.24) is 9.80 Å². The van der Waals surface area contributed by atoms with Crippen molar-refractivity contribution in [3.8, 4) is 0 Å². The smallest absolute Gasteiger partial charge is 0.237 e. The molecule has 0 saturated carbocycles. The Kier molecular flexibility index (Phi) is 7.08. The standard InChI is InChI=1S/C16H26N2O2S/c1-5-9-18(11-14-8-7-10-21-14)15(19)12-17(6-2)13-16(3,4)20/h5,7-8,10,20H,1,6,9,11-13H2,2-4H3. The van der Waals surface area contributed by atoms with E-state index in [1.54, 1.807) is 36.2 Å². The zero-order valence-corrected chi connectivity index (χ0v) is 14.0. The Labute approximate surface area is 131 Å². The maximum absolute atomic E-state index is 12.5. The Balaban J connectivity index is 2.64. The van der Waals surface area contributed by atoms with Crippen molar-refractivity contribution < 1.29 is 9.90 Å². The van der Waals surface area contributed by atoms with Crippen LogP contribution in [-0.2, 0) is 11.3 Å². The molecule has 1 N–H and O–H groups in total. The number of likely N-dealkylation sites (N-methyl/N-ethyl adjacent to an activating group) is 1. The number of carbonyl (C=O) groups is 1. The molecule has 0 spiro atoms. The van der Waals surface area contributed by atoms with Gasteiger partial charge in [-0.05, 0) is 31.8 Å². The highest BCUT2D eigenvalue weighted by atomic mass is 32.1. The first kappa shape index (κ1) is 17.9. The highest BCUT2D eigenvalue weighted by Gasteiger charge is 2.21. The molecule has 1 rings (SSSR count). The van der Waals surface area contributed by atoms with E-state index in [1.165, 1.54) is 0 Å². The molecule has 0 saturated heterocycles. The van der Waals surface area contributed by atoms with Crippen LogP contribution in [0.25, 0.3) is 0 Å². The molecule has 4 nitrogen and oxygen atoms in total. The lowest BCUT2D eigenvalue weighted by Gasteiger charge is -2.29. The quantitative estimate of drug-likeness (QED) is 0.712. The molecule has 0 unspecified atom stereocenters. The molecule has 0 atom stereocenters. The normalized spacial score (nSPS) is 11.7. The maximum atomic E-state index is 12.5. The van der Waals surface area contributed by atoms with Crippen LogP contribution in [-0.4, -0.2) is 52.6 Å². The van der Waals surface area contributed by atoms with Crippen LogP contribution in [0.5, 0.6) is 0 Å². The lowest BCUT2D eigenvalue weighted by Crippen LogP contribution is -2.45. The Bertz CT molecular complexity index is 438. The number of rotatable bonds is 9. The third-order valence-corrected chi connectivity index (χ3v) is 3.91. The highest BCUT2D eigenvalue weighted by molar-refractivity contribution is 7.09. The van der Waals surface area contributed by atoms with Crippen molar-refractivity contribution >= 4 is 17.2 Å². The summed E-state index contributed by atoms with van der Waals surface area (Å²) in [6, 6.07) is 4.02. The van der Waals surface area contributed by atoms with Gasteiger partial charge < -0.3 is 10.0 Å². The zero-order valence-electron chi connectivity index (χ0n) is 13.2. The van der Waals surface area contributed by atoms with Crippen LogP contribution in [0.4, 0.5) is 0 Å². The molecule has 0 aliphatic rings. The van der Waals surface area contributed by atoms with Gasteiger partial charge in [0.2, 0.25) is 5.91 Å². The largest absolute Gasteiger partial charge is 0.389 e. The van der Waals surface area contributed by atoms with Crippen molar-refractivity contribution in [1.29, 1.82) is 0 Å². The second-order valence-electron chi connectivity index (χ2n) is 5.76. The minimum atomic E-state index is -0.798. The average Bonchev–Trinajstić information content (AvgIpc) is 2.88. The van der Waals surface area contributed by atoms with Gasteiger partial charge >= 0.3 is 0 Å². The summed E-state index contributed by atoms with van der Waals surface area (Å²) >= 11 is 1.65. The summed E-state index contributed by atoms with van der Waals surface area (Å²) in [6.07, 6.45) is 1.75. The molecule has 21 heavy (non-hydrogen) atoms. The molecule has 5 heteroatoms. The third kappa shape index (κ3) is 6.89. The van der Waals surface area contributed by atoms with Crippen molar-refractivity contribution in [2.24, 2.45) is 0 Å². The first-order valence-electron chi connectivity index (χ1n) is 7.21. The fraction of sp³-hybridized carbons (Fsp3) is 0.562. The summed E-state index contributed by atoms with van der Waals surface area (Å²) in [5.41, 5.74) is -0.798. The lowest BCUT2D eigenvalue weighted by atomic mass is 10.1. The monoisotopic (exact) mass is 310 g/mol. The summed E-state index contributed by atoms with van der Waals surface area (Å²) in [7, 11) is 0. The zero-order chi connectivity index (χ0) is 15.9. The van der Waals surface area contributed by atoms with Gasteiger partial charge in [0, 0.05) is 18.0 Å². The van der Waals surface area contributed by atoms with Gasteiger partial charge in [0.05, 0.1) is 18.7 Å². The van der Waals surface area contributed by atoms with Crippen molar-refractivity contribution in [3.63, 3.8) is 0 Å². The van der Waals surface area contributed by atoms with Crippen molar-refractivity contribution in [3.05, 3.63) is 35.0 Å². The van der Waals surface area contributed by atoms with Crippen LogP contribution >= 0.6 is 11.3 Å². The minimum Gasteiger partial charge on any atom is -0.389 e. The van der Waals surface area contributed by atoms with Crippen molar-refractivity contribution in [2.45, 2.75) is 32.9 Å². The second kappa shape index (κ2) is 8.32. The molecule has 0 fully saturated rings. The van der Waals surface area contributed by atoms with Gasteiger partial charge in [-0.3, -0.25) is 9.69 Å². The van der Waals surface area contributed by atoms with Gasteiger partial charge in [0.1, 0.15) is 0 Å². The summed E-state index contributed by atoms with van der Waals surface area (Å²) in [6.45, 7) is 11.9. The van der Waals surface area contributed by atoms with E-state index in [0.29, 0.717) is 26.2 Å². The molecule has 0 aromatic carbocycles. The van der Waals surface area contributed by atoms with Crippen LogP contribution in [0.2, 0.25) is 0 Å². The van der Waals surface area contributed by atoms with Crippen LogP contribution in [0.15, 0.2) is 30.2 Å². The number of carbonyl (C=O) groups excluding carboxylic acids is 1. The van der Waals surface area contributed by atoms with Gasteiger partial charge in [-0.25, -0.2) is 0 Å². The van der Waals surface area contributed by atoms with E-state index in [0.717, 1.165) is 11.4 Å². The molecule has 1 amide bonds. The summed E-state index contributed by atoms with van der Waals surface area (Å²) < 4.78 is 0. The number of hydrogen-bond acceptors (Lipinski definition) is 4. The third-order valence-electron chi connectivity index (χ3n) is 3.05. The Morgan fingerprint density at radius 1 is 1.52 bits per heavy atom. The fourth-order valence-electron chi connectivity index (χ4n) is 2.12. The van der Waals surface area contributed by atoms with E-state index in [4.69, 9.17) is 0 Å². The highest BCUT2D eigenvalue weighted by Crippen LogP contribution is 2.13. The number of aliphatic hydroxyl groups is 1. The molecule has 1 heterocycles. The van der Waals surface area contributed by atoms with Crippen LogP contribution in [0, 0.1) is 0 Å². The summed E-state index contributed by atoms with van der Waals surface area (Å²) in [5.74, 6) is 0.0643. The van der Waals surface area contributed by atoms with Gasteiger partial charge in [0.15, 0.2) is 0 Å². The fourth-order valence-corrected chi connectivity index (χ4v) is 2.84. The molecule has 118 valence electrons. The number of nitrogens with zero attached hydrogens (tertiary/aromatic N) is 2. The van der Waals surface area contributed by atoms with E-state index >= 15 is 0 Å². The van der Waals surface area contributed by atoms with E-state index in [-0.39, 0.29) is 5.91 Å². The average molecular weight is 310 g/mol. The molecule has 0 bridgehead atoms. The predicted octanol–water partition coefficient (Wildman–Crippen LogP) is 2.36. The minimum absolute atomic E-state index is 0.0643. The lowest BCUT2D eigenvalue weighted by molar-refractivity contribution is -0.133. The van der Waals surface area contributed by atoms with Crippen LogP contribution < -0.4 is 0 Å². The molecular weight excluding hydrogens is 284 g/mol. The summed E-state index contributed by atoms with van der Waals surface area (Å²) in [4.78, 5) is 17.4. The molecule has 1 aromatic heterocycles. The van der Waals surface area contributed by atoms with Gasteiger partial charge in [-0.1, -0.05) is 19.1 Å². The van der Waals surface area contributed by atoms with Gasteiger partial charge in [-0.2, -0.15) is 0 Å². The molecule has 1 aromatic rings. The first-order chi connectivity index (χ1) is 9.85. The molecule has 0 aliphatic carbocycles. The number of hydrogen-bond donors (Lipinski definition) is 1. The van der Waals surface area contributed by atoms with Crippen LogP contribution in [0.1, 0.15) is 25.6 Å². The van der Waals surface area contributed by atoms with Gasteiger partial charge in [-0.15, -0.1) is 17.9 Å². The van der Waals surface area contributed by atoms with E-state index in [9.17, 15) is 9.90 Å². The predicted molar refractivity (Wildman–Crippen MR) is 88.3 cm³/mol. The van der Waals surface area contributed by atoms with E-state index in [1.807, 2.05) is 29.3 Å². The molecular formula is C16H26N2O2S. The Hall–Kier alpha value is -1.17. The van der Waals surface area contributed by atoms with E-state index < -0.39 is 5.60 Å². The number of amides is 1. The van der Waals surface area contributed by atoms with Crippen LogP contribution in [0.3, 0.4) is 0 Å². The second-order valence-corrected chi connectivity index (χ2v) is 6.79. The summed E-state index contributed by atoms with van der Waals surface area (Å²) in [5, 5.41) is 11.9. The topological polar surface area (TPSA) is 43.8 Å². The molecule has 0 aliphatic heterocycles. The number of thiophene rings is 1. The molecule has 0 radical (unpaired) electrons. The first-order valence-corrected chi connectivity index (χ1v) is 8.09. The SMILES string of the molecule is C=CCN(Cc1cccs1)C(=O)CN(CC)CC(C)(C)O. The maximum Gasteiger partial charge on any atom is 0.237 e. The Morgan fingerprint density at radius 2 is 2.24 bits per heavy atom. The van der Waals surface area contributed by atoms with Gasteiger partial charge in [0.25, 0.3) is 0 Å². The van der Waals surface area contributed by atoms with E-state index in [2.05, 4.69) is 6.58 Å².